The molecule has 108 valence electrons. The summed E-state index contributed by atoms with van der Waals surface area (Å²) in [5.74, 6) is 0. The van der Waals surface area contributed by atoms with Crippen LogP contribution in [0.15, 0.2) is 48.9 Å². The van der Waals surface area contributed by atoms with Crippen LogP contribution in [0.1, 0.15) is 23.6 Å². The van der Waals surface area contributed by atoms with E-state index < -0.39 is 0 Å². The second-order valence-corrected chi connectivity index (χ2v) is 5.36. The number of pyridine rings is 1. The summed E-state index contributed by atoms with van der Waals surface area (Å²) in [6, 6.07) is 10.9. The summed E-state index contributed by atoms with van der Waals surface area (Å²) in [5, 5.41) is 8.83. The molecule has 0 aliphatic rings. The van der Waals surface area contributed by atoms with E-state index in [0.29, 0.717) is 6.04 Å². The number of rotatable bonds is 5. The van der Waals surface area contributed by atoms with Gasteiger partial charge in [-0.3, -0.25) is 9.67 Å². The first-order valence-corrected chi connectivity index (χ1v) is 7.26. The number of nitrogens with one attached hydrogen (secondary N) is 1. The first-order valence-electron chi connectivity index (χ1n) is 7.26. The van der Waals surface area contributed by atoms with E-state index in [0.717, 1.165) is 18.4 Å². The quantitative estimate of drug-likeness (QED) is 0.781. The summed E-state index contributed by atoms with van der Waals surface area (Å²) in [5.41, 5.74) is 3.63. The largest absolute Gasteiger partial charge is 0.313 e. The van der Waals surface area contributed by atoms with Crippen LogP contribution in [0.2, 0.25) is 0 Å². The summed E-state index contributed by atoms with van der Waals surface area (Å²) in [6.07, 6.45) is 7.92. The summed E-state index contributed by atoms with van der Waals surface area (Å²) < 4.78 is 1.85. The highest BCUT2D eigenvalue weighted by Crippen LogP contribution is 2.22. The summed E-state index contributed by atoms with van der Waals surface area (Å²) >= 11 is 0. The van der Waals surface area contributed by atoms with Crippen LogP contribution in [0.4, 0.5) is 0 Å². The number of hydrogen-bond acceptors (Lipinski definition) is 3. The molecule has 0 aliphatic carbocycles. The molecule has 0 aliphatic heterocycles. The molecule has 1 aromatic carbocycles. The van der Waals surface area contributed by atoms with Gasteiger partial charge >= 0.3 is 0 Å². The fourth-order valence-electron chi connectivity index (χ4n) is 2.70. The second-order valence-electron chi connectivity index (χ2n) is 5.36. The fraction of sp³-hybridized carbons (Fsp3) is 0.294. The van der Waals surface area contributed by atoms with Gasteiger partial charge in [0.1, 0.15) is 0 Å². The maximum atomic E-state index is 4.37. The minimum Gasteiger partial charge on any atom is -0.313 e. The van der Waals surface area contributed by atoms with Gasteiger partial charge in [0.05, 0.1) is 11.7 Å². The van der Waals surface area contributed by atoms with Crippen molar-refractivity contribution in [1.82, 2.24) is 20.1 Å². The van der Waals surface area contributed by atoms with Crippen molar-refractivity contribution in [3.8, 4) is 0 Å². The van der Waals surface area contributed by atoms with Gasteiger partial charge in [-0.1, -0.05) is 12.1 Å². The Morgan fingerprint density at radius 1 is 1.29 bits per heavy atom. The Bertz CT molecular complexity index is 732. The maximum Gasteiger partial charge on any atom is 0.0702 e. The molecule has 4 heteroatoms. The van der Waals surface area contributed by atoms with E-state index >= 15 is 0 Å². The molecule has 2 heterocycles. The van der Waals surface area contributed by atoms with Crippen molar-refractivity contribution in [3.63, 3.8) is 0 Å². The van der Waals surface area contributed by atoms with E-state index in [4.69, 9.17) is 0 Å². The predicted molar refractivity (Wildman–Crippen MR) is 85.1 cm³/mol. The molecule has 1 unspecified atom stereocenters. The highest BCUT2D eigenvalue weighted by molar-refractivity contribution is 5.79. The number of hydrogen-bond donors (Lipinski definition) is 1. The van der Waals surface area contributed by atoms with Crippen LogP contribution in [-0.2, 0) is 13.5 Å². The lowest BCUT2D eigenvalue weighted by Gasteiger charge is -2.16. The highest BCUT2D eigenvalue weighted by Gasteiger charge is 2.10. The van der Waals surface area contributed by atoms with Gasteiger partial charge in [-0.05, 0) is 49.2 Å². The number of nitrogens with zero attached hydrogens (tertiary/aromatic N) is 3. The lowest BCUT2D eigenvalue weighted by atomic mass is 9.99. The average Bonchev–Trinajstić information content (AvgIpc) is 2.93. The topological polar surface area (TPSA) is 42.7 Å². The summed E-state index contributed by atoms with van der Waals surface area (Å²) in [6.45, 7) is 0. The maximum absolute atomic E-state index is 4.37. The molecule has 0 fully saturated rings. The molecule has 3 aromatic rings. The molecule has 0 saturated heterocycles. The Hall–Kier alpha value is -2.20. The molecule has 0 bridgehead atoms. The SMILES string of the molecule is CNC(CCc1cnn(C)c1)c1ccc2ncccc2c1. The zero-order valence-electron chi connectivity index (χ0n) is 12.5. The summed E-state index contributed by atoms with van der Waals surface area (Å²) in [7, 11) is 3.97. The van der Waals surface area contributed by atoms with Gasteiger partial charge in [0, 0.05) is 30.9 Å². The predicted octanol–water partition coefficient (Wildman–Crippen LogP) is 2.86. The van der Waals surface area contributed by atoms with Crippen LogP contribution in [0.3, 0.4) is 0 Å². The molecule has 2 aromatic heterocycles. The molecule has 4 nitrogen and oxygen atoms in total. The standard InChI is InChI=1S/C17H20N4/c1-18-16(7-5-13-11-20-21(2)12-13)15-6-8-17-14(10-15)4-3-9-19-17/h3-4,6,8-12,16,18H,5,7H2,1-2H3. The van der Waals surface area contributed by atoms with Crippen molar-refractivity contribution in [3.05, 3.63) is 60.0 Å². The molecule has 3 rings (SSSR count). The van der Waals surface area contributed by atoms with E-state index in [1.807, 2.05) is 37.2 Å². The van der Waals surface area contributed by atoms with Crippen molar-refractivity contribution < 1.29 is 0 Å². The molecule has 0 saturated carbocycles. The first kappa shape index (κ1) is 13.8. The van der Waals surface area contributed by atoms with Crippen LogP contribution in [-0.4, -0.2) is 21.8 Å². The molecule has 0 spiro atoms. The zero-order chi connectivity index (χ0) is 14.7. The van der Waals surface area contributed by atoms with Crippen molar-refractivity contribution in [1.29, 1.82) is 0 Å². The second kappa shape index (κ2) is 6.06. The molecular formula is C17H20N4. The van der Waals surface area contributed by atoms with Gasteiger partial charge in [0.2, 0.25) is 0 Å². The first-order chi connectivity index (χ1) is 10.3. The lowest BCUT2D eigenvalue weighted by molar-refractivity contribution is 0.549. The normalized spacial score (nSPS) is 12.7. The molecule has 0 radical (unpaired) electrons. The van der Waals surface area contributed by atoms with Crippen molar-refractivity contribution in [2.75, 3.05) is 7.05 Å². The lowest BCUT2D eigenvalue weighted by Crippen LogP contribution is -2.17. The van der Waals surface area contributed by atoms with E-state index in [1.54, 1.807) is 0 Å². The van der Waals surface area contributed by atoms with E-state index in [9.17, 15) is 0 Å². The van der Waals surface area contributed by atoms with Crippen molar-refractivity contribution >= 4 is 10.9 Å². The van der Waals surface area contributed by atoms with Gasteiger partial charge < -0.3 is 5.32 Å². The van der Waals surface area contributed by atoms with Crippen molar-refractivity contribution in [2.24, 2.45) is 7.05 Å². The third-order valence-electron chi connectivity index (χ3n) is 3.86. The highest BCUT2D eigenvalue weighted by atomic mass is 15.2. The van der Waals surface area contributed by atoms with E-state index in [1.165, 1.54) is 16.5 Å². The number of benzene rings is 1. The molecular weight excluding hydrogens is 260 g/mol. The molecule has 21 heavy (non-hydrogen) atoms. The monoisotopic (exact) mass is 280 g/mol. The van der Waals surface area contributed by atoms with Crippen LogP contribution >= 0.6 is 0 Å². The van der Waals surface area contributed by atoms with Gasteiger partial charge in [0.25, 0.3) is 0 Å². The van der Waals surface area contributed by atoms with Gasteiger partial charge in [-0.25, -0.2) is 0 Å². The Morgan fingerprint density at radius 3 is 2.95 bits per heavy atom. The number of aromatic nitrogens is 3. The Kier molecular flexibility index (Phi) is 3.97. The molecule has 1 N–H and O–H groups in total. The molecule has 1 atom stereocenters. The van der Waals surface area contributed by atoms with E-state index in [2.05, 4.69) is 45.9 Å². The molecule has 0 amide bonds. The minimum absolute atomic E-state index is 0.342. The average molecular weight is 280 g/mol. The number of fused-ring (bicyclic) bond motifs is 1. The Morgan fingerprint density at radius 2 is 2.19 bits per heavy atom. The number of aryl methyl sites for hydroxylation is 2. The van der Waals surface area contributed by atoms with Crippen LogP contribution in [0.5, 0.6) is 0 Å². The third-order valence-corrected chi connectivity index (χ3v) is 3.86. The van der Waals surface area contributed by atoms with Gasteiger partial charge in [0.15, 0.2) is 0 Å². The van der Waals surface area contributed by atoms with Crippen LogP contribution in [0, 0.1) is 0 Å². The van der Waals surface area contributed by atoms with Crippen LogP contribution in [0.25, 0.3) is 10.9 Å². The Labute approximate surface area is 124 Å². The smallest absolute Gasteiger partial charge is 0.0702 e. The third kappa shape index (κ3) is 3.11. The zero-order valence-corrected chi connectivity index (χ0v) is 12.5. The minimum atomic E-state index is 0.342. The van der Waals surface area contributed by atoms with E-state index in [-0.39, 0.29) is 0 Å². The van der Waals surface area contributed by atoms with Gasteiger partial charge in [-0.15, -0.1) is 0 Å². The fourth-order valence-corrected chi connectivity index (χ4v) is 2.70. The summed E-state index contributed by atoms with van der Waals surface area (Å²) in [4.78, 5) is 4.37. The Balaban J connectivity index is 1.77. The van der Waals surface area contributed by atoms with Crippen molar-refractivity contribution in [2.45, 2.75) is 18.9 Å². The van der Waals surface area contributed by atoms with Gasteiger partial charge in [-0.2, -0.15) is 5.10 Å². The van der Waals surface area contributed by atoms with Crippen LogP contribution < -0.4 is 5.32 Å².